The first kappa shape index (κ1) is 16.6. The number of nitrogens with zero attached hydrogens (tertiary/aromatic N) is 1. The second-order valence-corrected chi connectivity index (χ2v) is 7.88. The summed E-state index contributed by atoms with van der Waals surface area (Å²) in [6.45, 7) is 2.05. The monoisotopic (exact) mass is 360 g/mol. The number of amides is 3. The van der Waals surface area contributed by atoms with Crippen molar-refractivity contribution in [3.8, 4) is 0 Å². The van der Waals surface area contributed by atoms with Gasteiger partial charge in [-0.1, -0.05) is 17.7 Å². The van der Waals surface area contributed by atoms with Crippen LogP contribution < -0.4 is 5.32 Å². The molecule has 0 spiro atoms. The number of rotatable bonds is 4. The molecule has 2 bridgehead atoms. The van der Waals surface area contributed by atoms with Crippen molar-refractivity contribution < 1.29 is 14.4 Å². The Kier molecular flexibility index (Phi) is 4.07. The van der Waals surface area contributed by atoms with Crippen LogP contribution >= 0.6 is 11.6 Å². The van der Waals surface area contributed by atoms with Gasteiger partial charge in [0.15, 0.2) is 0 Å². The Morgan fingerprint density at radius 2 is 1.84 bits per heavy atom. The van der Waals surface area contributed by atoms with Crippen LogP contribution in [-0.4, -0.2) is 29.2 Å². The number of carbonyl (C=O) groups is 3. The lowest BCUT2D eigenvalue weighted by Gasteiger charge is -2.19. The second kappa shape index (κ2) is 6.13. The van der Waals surface area contributed by atoms with E-state index >= 15 is 0 Å². The maximum Gasteiger partial charge on any atom is 0.233 e. The van der Waals surface area contributed by atoms with E-state index in [9.17, 15) is 14.4 Å². The van der Waals surface area contributed by atoms with Crippen molar-refractivity contribution in [3.63, 3.8) is 0 Å². The van der Waals surface area contributed by atoms with Crippen molar-refractivity contribution in [3.05, 3.63) is 28.8 Å². The molecule has 1 aliphatic heterocycles. The number of anilines is 1. The van der Waals surface area contributed by atoms with Crippen LogP contribution in [0.25, 0.3) is 0 Å². The van der Waals surface area contributed by atoms with Crippen LogP contribution in [0.1, 0.15) is 31.2 Å². The third kappa shape index (κ3) is 2.74. The molecular formula is C19H21ClN2O3. The highest BCUT2D eigenvalue weighted by Crippen LogP contribution is 2.56. The van der Waals surface area contributed by atoms with Crippen molar-refractivity contribution >= 4 is 35.0 Å². The van der Waals surface area contributed by atoms with Crippen LogP contribution in [-0.2, 0) is 14.4 Å². The number of imide groups is 1. The standard InChI is InChI=1S/C19H21ClN2O3/c1-10-2-5-13(9-14(10)20)21-15(23)6-7-22-18(24)16-11-3-4-12(8-11)17(16)19(22)25/h2,5,9,11-12,16-17H,3-4,6-8H2,1H3,(H,21,23)/t11-,12-,16+,17+/m0/s1. The highest BCUT2D eigenvalue weighted by molar-refractivity contribution is 6.31. The summed E-state index contributed by atoms with van der Waals surface area (Å²) in [5.41, 5.74) is 1.56. The number of aryl methyl sites for hydroxylation is 1. The molecule has 2 aliphatic carbocycles. The summed E-state index contributed by atoms with van der Waals surface area (Å²) in [5.74, 6) is 0.165. The van der Waals surface area contributed by atoms with E-state index in [0.717, 1.165) is 24.8 Å². The summed E-state index contributed by atoms with van der Waals surface area (Å²) in [5, 5.41) is 3.36. The van der Waals surface area contributed by atoms with Gasteiger partial charge in [0.2, 0.25) is 17.7 Å². The van der Waals surface area contributed by atoms with Gasteiger partial charge in [-0.05, 0) is 55.7 Å². The molecule has 25 heavy (non-hydrogen) atoms. The molecule has 4 rings (SSSR count). The largest absolute Gasteiger partial charge is 0.326 e. The van der Waals surface area contributed by atoms with E-state index in [2.05, 4.69) is 5.32 Å². The third-order valence-corrected chi connectivity index (χ3v) is 6.44. The predicted octanol–water partition coefficient (Wildman–Crippen LogP) is 3.01. The number of fused-ring (bicyclic) bond motifs is 5. The van der Waals surface area contributed by atoms with E-state index in [-0.39, 0.29) is 42.5 Å². The molecule has 132 valence electrons. The zero-order chi connectivity index (χ0) is 17.7. The molecule has 2 saturated carbocycles. The number of hydrogen-bond donors (Lipinski definition) is 1. The third-order valence-electron chi connectivity index (χ3n) is 6.04. The first-order chi connectivity index (χ1) is 12.0. The Morgan fingerprint density at radius 3 is 2.44 bits per heavy atom. The van der Waals surface area contributed by atoms with Gasteiger partial charge in [0.25, 0.3) is 0 Å². The van der Waals surface area contributed by atoms with E-state index < -0.39 is 0 Å². The van der Waals surface area contributed by atoms with E-state index in [4.69, 9.17) is 11.6 Å². The molecule has 3 fully saturated rings. The van der Waals surface area contributed by atoms with Gasteiger partial charge >= 0.3 is 0 Å². The molecule has 1 aromatic rings. The molecule has 0 aromatic heterocycles. The van der Waals surface area contributed by atoms with Crippen molar-refractivity contribution in [2.24, 2.45) is 23.7 Å². The minimum atomic E-state index is -0.222. The first-order valence-electron chi connectivity index (χ1n) is 8.87. The van der Waals surface area contributed by atoms with Gasteiger partial charge < -0.3 is 5.32 Å². The molecule has 1 heterocycles. The van der Waals surface area contributed by atoms with E-state index in [0.29, 0.717) is 22.5 Å². The summed E-state index contributed by atoms with van der Waals surface area (Å²) in [7, 11) is 0. The zero-order valence-corrected chi connectivity index (χ0v) is 14.9. The van der Waals surface area contributed by atoms with Gasteiger partial charge in [0.1, 0.15) is 0 Å². The Bertz CT molecular complexity index is 735. The maximum atomic E-state index is 12.6. The summed E-state index contributed by atoms with van der Waals surface area (Å²) in [6.07, 6.45) is 3.26. The fraction of sp³-hybridized carbons (Fsp3) is 0.526. The molecule has 1 saturated heterocycles. The number of likely N-dealkylation sites (tertiary alicyclic amines) is 1. The average Bonchev–Trinajstić information content (AvgIpc) is 3.24. The summed E-state index contributed by atoms with van der Waals surface area (Å²) in [4.78, 5) is 38.7. The molecule has 1 N–H and O–H groups in total. The average molecular weight is 361 g/mol. The molecule has 0 radical (unpaired) electrons. The fourth-order valence-electron chi connectivity index (χ4n) is 4.80. The lowest BCUT2D eigenvalue weighted by molar-refractivity contribution is -0.140. The molecule has 1 aromatic carbocycles. The topological polar surface area (TPSA) is 66.5 Å². The van der Waals surface area contributed by atoms with Crippen LogP contribution in [0.15, 0.2) is 18.2 Å². The number of halogens is 1. The van der Waals surface area contributed by atoms with E-state index in [1.807, 2.05) is 13.0 Å². The van der Waals surface area contributed by atoms with Crippen LogP contribution in [0.2, 0.25) is 5.02 Å². The van der Waals surface area contributed by atoms with Gasteiger partial charge in [-0.25, -0.2) is 0 Å². The lowest BCUT2D eigenvalue weighted by atomic mass is 9.81. The second-order valence-electron chi connectivity index (χ2n) is 7.48. The van der Waals surface area contributed by atoms with Crippen molar-refractivity contribution in [1.82, 2.24) is 4.90 Å². The Balaban J connectivity index is 1.36. The number of nitrogens with one attached hydrogen (secondary N) is 1. The smallest absolute Gasteiger partial charge is 0.233 e. The van der Waals surface area contributed by atoms with Gasteiger partial charge in [0.05, 0.1) is 11.8 Å². The van der Waals surface area contributed by atoms with Crippen LogP contribution in [0.5, 0.6) is 0 Å². The van der Waals surface area contributed by atoms with Crippen LogP contribution in [0.4, 0.5) is 5.69 Å². The minimum absolute atomic E-state index is 0.0617. The molecule has 3 aliphatic rings. The van der Waals surface area contributed by atoms with Crippen LogP contribution in [0.3, 0.4) is 0 Å². The Morgan fingerprint density at radius 1 is 1.20 bits per heavy atom. The first-order valence-corrected chi connectivity index (χ1v) is 9.24. The Hall–Kier alpha value is -1.88. The maximum absolute atomic E-state index is 12.6. The molecule has 3 amide bonds. The van der Waals surface area contributed by atoms with Crippen molar-refractivity contribution in [2.45, 2.75) is 32.6 Å². The predicted molar refractivity (Wildman–Crippen MR) is 94.0 cm³/mol. The molecule has 6 heteroatoms. The highest BCUT2D eigenvalue weighted by atomic mass is 35.5. The van der Waals surface area contributed by atoms with Crippen molar-refractivity contribution in [2.75, 3.05) is 11.9 Å². The molecule has 5 nitrogen and oxygen atoms in total. The number of benzene rings is 1. The van der Waals surface area contributed by atoms with Crippen molar-refractivity contribution in [1.29, 1.82) is 0 Å². The van der Waals surface area contributed by atoms with Gasteiger partial charge in [-0.15, -0.1) is 0 Å². The minimum Gasteiger partial charge on any atom is -0.326 e. The van der Waals surface area contributed by atoms with Gasteiger partial charge in [0, 0.05) is 23.7 Å². The van der Waals surface area contributed by atoms with E-state index in [1.165, 1.54) is 4.90 Å². The van der Waals surface area contributed by atoms with E-state index in [1.54, 1.807) is 12.1 Å². The molecular weight excluding hydrogens is 340 g/mol. The van der Waals surface area contributed by atoms with Gasteiger partial charge in [-0.3, -0.25) is 19.3 Å². The quantitative estimate of drug-likeness (QED) is 0.839. The molecule has 0 unspecified atom stereocenters. The summed E-state index contributed by atoms with van der Waals surface area (Å²) >= 11 is 6.06. The number of hydrogen-bond acceptors (Lipinski definition) is 3. The van der Waals surface area contributed by atoms with Gasteiger partial charge in [-0.2, -0.15) is 0 Å². The number of carbonyl (C=O) groups excluding carboxylic acids is 3. The normalized spacial score (nSPS) is 30.1. The Labute approximate surface area is 151 Å². The summed E-state index contributed by atoms with van der Waals surface area (Å²) in [6, 6.07) is 5.32. The SMILES string of the molecule is Cc1ccc(NC(=O)CCN2C(=O)[C@@H]3[C@H]4CC[C@@H](C4)[C@H]3C2=O)cc1Cl. The zero-order valence-electron chi connectivity index (χ0n) is 14.1. The van der Waals surface area contributed by atoms with Crippen LogP contribution in [0, 0.1) is 30.6 Å². The molecule has 4 atom stereocenters. The highest BCUT2D eigenvalue weighted by Gasteiger charge is 2.60. The lowest BCUT2D eigenvalue weighted by Crippen LogP contribution is -2.35. The summed E-state index contributed by atoms with van der Waals surface area (Å²) < 4.78 is 0. The fourth-order valence-corrected chi connectivity index (χ4v) is 4.98.